The summed E-state index contributed by atoms with van der Waals surface area (Å²) >= 11 is 0. The third-order valence-corrected chi connectivity index (χ3v) is 5.35. The van der Waals surface area contributed by atoms with E-state index in [-0.39, 0.29) is 12.4 Å². The first-order valence-corrected chi connectivity index (χ1v) is 9.62. The highest BCUT2D eigenvalue weighted by atomic mass is 31.2. The zero-order chi connectivity index (χ0) is 17.7. The van der Waals surface area contributed by atoms with E-state index in [9.17, 15) is 14.2 Å². The smallest absolute Gasteiger partial charge is 0.333 e. The first-order valence-electron chi connectivity index (χ1n) is 7.89. The van der Waals surface area contributed by atoms with E-state index in [0.717, 1.165) is 25.7 Å². The Balaban J connectivity index is 3.56. The summed E-state index contributed by atoms with van der Waals surface area (Å²) in [5.41, 5.74) is 0.364. The van der Waals surface area contributed by atoms with Crippen LogP contribution in [-0.2, 0) is 27.9 Å². The summed E-state index contributed by atoms with van der Waals surface area (Å²) in [7, 11) is -0.126. The van der Waals surface area contributed by atoms with Gasteiger partial charge in [-0.1, -0.05) is 19.4 Å². The maximum atomic E-state index is 11.8. The van der Waals surface area contributed by atoms with Crippen molar-refractivity contribution in [3.8, 4) is 0 Å². The van der Waals surface area contributed by atoms with Gasteiger partial charge in [0.25, 0.3) is 0 Å². The molecule has 0 aromatic heterocycles. The highest BCUT2D eigenvalue weighted by Gasteiger charge is 2.19. The molecule has 0 amide bonds. The molecule has 0 fully saturated rings. The summed E-state index contributed by atoms with van der Waals surface area (Å²) in [6.45, 7) is 5.32. The molecule has 0 atom stereocenters. The molecule has 0 saturated carbocycles. The molecular formula is C16H29O6P. The topological polar surface area (TPSA) is 78.9 Å². The molecule has 0 aromatic rings. The number of rotatable bonds is 14. The highest BCUT2D eigenvalue weighted by Crippen LogP contribution is 2.47. The van der Waals surface area contributed by atoms with Crippen molar-refractivity contribution in [1.29, 1.82) is 0 Å². The third-order valence-electron chi connectivity index (χ3n) is 3.38. The van der Waals surface area contributed by atoms with Gasteiger partial charge in [0.15, 0.2) is 0 Å². The minimum Gasteiger partial charge on any atom is -0.462 e. The van der Waals surface area contributed by atoms with Crippen molar-refractivity contribution in [3.05, 3.63) is 12.2 Å². The molecule has 0 aliphatic heterocycles. The van der Waals surface area contributed by atoms with Crippen molar-refractivity contribution in [2.45, 2.75) is 51.9 Å². The summed E-state index contributed by atoms with van der Waals surface area (Å²) in [5.74, 6) is -0.238. The number of ether oxygens (including phenoxy) is 1. The van der Waals surface area contributed by atoms with Gasteiger partial charge in [0, 0.05) is 32.6 Å². The molecule has 0 aliphatic rings. The Bertz CT molecular complexity index is 424. The van der Waals surface area contributed by atoms with E-state index in [0.29, 0.717) is 31.0 Å². The minimum atomic E-state index is -2.90. The van der Waals surface area contributed by atoms with Gasteiger partial charge in [-0.15, -0.1) is 0 Å². The molecule has 0 aromatic carbocycles. The standard InChI is InChI=1S/C16H29O6P/c1-14(2)16(18)22-12-9-11-15(17)10-7-5-6-8-13-23(19,20-3)21-4/h1,5-13H2,2-4H3. The van der Waals surface area contributed by atoms with Gasteiger partial charge in [0.2, 0.25) is 0 Å². The zero-order valence-corrected chi connectivity index (χ0v) is 15.4. The Hall–Kier alpha value is -0.970. The van der Waals surface area contributed by atoms with Gasteiger partial charge in [0.05, 0.1) is 12.8 Å². The van der Waals surface area contributed by atoms with Gasteiger partial charge in [0.1, 0.15) is 5.78 Å². The fourth-order valence-electron chi connectivity index (χ4n) is 1.92. The van der Waals surface area contributed by atoms with Crippen LogP contribution in [0.25, 0.3) is 0 Å². The molecule has 0 rings (SSSR count). The molecule has 0 N–H and O–H groups in total. The SMILES string of the molecule is C=C(C)C(=O)OCCCC(=O)CCCCCCP(=O)(OC)OC. The molecule has 0 radical (unpaired) electrons. The molecule has 6 nitrogen and oxygen atoms in total. The maximum absolute atomic E-state index is 11.8. The van der Waals surface area contributed by atoms with Gasteiger partial charge in [-0.3, -0.25) is 9.36 Å². The molecule has 0 bridgehead atoms. The molecule has 0 heterocycles. The van der Waals surface area contributed by atoms with Crippen LogP contribution in [0.4, 0.5) is 0 Å². The average molecular weight is 348 g/mol. The van der Waals surface area contributed by atoms with E-state index in [1.807, 2.05) is 0 Å². The Labute approximate surface area is 139 Å². The normalized spacial score (nSPS) is 11.3. The van der Waals surface area contributed by atoms with Crippen LogP contribution >= 0.6 is 7.60 Å². The second-order valence-electron chi connectivity index (χ2n) is 5.42. The van der Waals surface area contributed by atoms with E-state index in [1.54, 1.807) is 6.92 Å². The van der Waals surface area contributed by atoms with Crippen LogP contribution in [0.3, 0.4) is 0 Å². The number of carbonyl (C=O) groups is 2. The molecule has 0 aliphatic carbocycles. The maximum Gasteiger partial charge on any atom is 0.333 e. The van der Waals surface area contributed by atoms with Gasteiger partial charge in [-0.2, -0.15) is 0 Å². The lowest BCUT2D eigenvalue weighted by Crippen LogP contribution is -2.08. The lowest BCUT2D eigenvalue weighted by Gasteiger charge is -2.12. The molecule has 0 unspecified atom stereocenters. The second-order valence-corrected chi connectivity index (χ2v) is 7.82. The van der Waals surface area contributed by atoms with Crippen LogP contribution in [0.1, 0.15) is 51.9 Å². The number of Topliss-reactive ketones (excluding diaryl/α,β-unsaturated/α-hetero) is 1. The molecule has 23 heavy (non-hydrogen) atoms. The molecule has 134 valence electrons. The molecule has 0 spiro atoms. The van der Waals surface area contributed by atoms with Crippen LogP contribution in [0.5, 0.6) is 0 Å². The van der Waals surface area contributed by atoms with E-state index in [4.69, 9.17) is 13.8 Å². The number of ketones is 1. The quantitative estimate of drug-likeness (QED) is 0.205. The Morgan fingerprint density at radius 2 is 1.52 bits per heavy atom. The lowest BCUT2D eigenvalue weighted by molar-refractivity contribution is -0.139. The third kappa shape index (κ3) is 11.2. The monoisotopic (exact) mass is 348 g/mol. The fourth-order valence-corrected chi connectivity index (χ4v) is 3.05. The first kappa shape index (κ1) is 22.0. The van der Waals surface area contributed by atoms with Crippen LogP contribution < -0.4 is 0 Å². The number of hydrogen-bond acceptors (Lipinski definition) is 6. The lowest BCUT2D eigenvalue weighted by atomic mass is 10.1. The van der Waals surface area contributed by atoms with Crippen LogP contribution in [-0.4, -0.2) is 38.7 Å². The van der Waals surface area contributed by atoms with Crippen molar-refractivity contribution in [1.82, 2.24) is 0 Å². The first-order chi connectivity index (χ1) is 10.8. The van der Waals surface area contributed by atoms with Crippen LogP contribution in [0, 0.1) is 0 Å². The van der Waals surface area contributed by atoms with Crippen molar-refractivity contribution in [3.63, 3.8) is 0 Å². The summed E-state index contributed by atoms with van der Waals surface area (Å²) in [4.78, 5) is 22.8. The van der Waals surface area contributed by atoms with E-state index in [1.165, 1.54) is 14.2 Å². The van der Waals surface area contributed by atoms with Crippen LogP contribution in [0.2, 0.25) is 0 Å². The minimum absolute atomic E-state index is 0.177. The largest absolute Gasteiger partial charge is 0.462 e. The number of hydrogen-bond donors (Lipinski definition) is 0. The predicted octanol–water partition coefficient (Wildman–Crippen LogP) is 3.89. The van der Waals surface area contributed by atoms with E-state index in [2.05, 4.69) is 6.58 Å². The van der Waals surface area contributed by atoms with Crippen molar-refractivity contribution in [2.24, 2.45) is 0 Å². The summed E-state index contributed by atoms with van der Waals surface area (Å²) in [5, 5.41) is 0. The average Bonchev–Trinajstić information content (AvgIpc) is 2.54. The summed E-state index contributed by atoms with van der Waals surface area (Å²) in [6.07, 6.45) is 5.26. The van der Waals surface area contributed by atoms with Gasteiger partial charge in [-0.25, -0.2) is 4.79 Å². The van der Waals surface area contributed by atoms with Crippen LogP contribution in [0.15, 0.2) is 12.2 Å². The van der Waals surface area contributed by atoms with Crippen molar-refractivity contribution in [2.75, 3.05) is 27.0 Å². The predicted molar refractivity (Wildman–Crippen MR) is 89.6 cm³/mol. The number of carbonyl (C=O) groups excluding carboxylic acids is 2. The highest BCUT2D eigenvalue weighted by molar-refractivity contribution is 7.53. The second kappa shape index (κ2) is 12.5. The molecule has 0 saturated heterocycles. The van der Waals surface area contributed by atoms with Crippen molar-refractivity contribution < 1.29 is 27.9 Å². The zero-order valence-electron chi connectivity index (χ0n) is 14.5. The molecule has 7 heteroatoms. The number of esters is 1. The fraction of sp³-hybridized carbons (Fsp3) is 0.750. The summed E-state index contributed by atoms with van der Waals surface area (Å²) in [6, 6.07) is 0. The van der Waals surface area contributed by atoms with Gasteiger partial charge in [-0.05, 0) is 26.2 Å². The van der Waals surface area contributed by atoms with Crippen molar-refractivity contribution >= 4 is 19.3 Å². The van der Waals surface area contributed by atoms with E-state index >= 15 is 0 Å². The van der Waals surface area contributed by atoms with Gasteiger partial charge < -0.3 is 13.8 Å². The molecular weight excluding hydrogens is 319 g/mol. The summed E-state index contributed by atoms with van der Waals surface area (Å²) < 4.78 is 26.4. The van der Waals surface area contributed by atoms with E-state index < -0.39 is 13.6 Å². The Kier molecular flexibility index (Phi) is 11.9. The Morgan fingerprint density at radius 3 is 2.09 bits per heavy atom. The van der Waals surface area contributed by atoms with Gasteiger partial charge >= 0.3 is 13.6 Å². The Morgan fingerprint density at radius 1 is 0.957 bits per heavy atom. The number of unbranched alkanes of at least 4 members (excludes halogenated alkanes) is 3.